The molecule has 43 valence electrons. The van der Waals surface area contributed by atoms with Crippen LogP contribution in [0.25, 0.3) is 0 Å². The van der Waals surface area contributed by atoms with Crippen molar-refractivity contribution >= 4 is 6.21 Å². The van der Waals surface area contributed by atoms with Gasteiger partial charge in [-0.1, -0.05) is 0 Å². The molecule has 2 rings (SSSR count). The largest absolute Gasteiger partial charge is 0.278 e. The van der Waals surface area contributed by atoms with Crippen LogP contribution < -0.4 is 0 Å². The van der Waals surface area contributed by atoms with Crippen LogP contribution in [0.5, 0.6) is 0 Å². The predicted octanol–water partition coefficient (Wildman–Crippen LogP) is 0.891. The summed E-state index contributed by atoms with van der Waals surface area (Å²) in [5.41, 5.74) is 2.27. The molecule has 0 atom stereocenters. The van der Waals surface area contributed by atoms with Gasteiger partial charge in [-0.05, 0) is 11.6 Å². The van der Waals surface area contributed by atoms with E-state index in [1.54, 1.807) is 12.4 Å². The van der Waals surface area contributed by atoms with Crippen LogP contribution in [0.4, 0.5) is 0 Å². The SMILES string of the molecule is [C]1=NCc2ccncc21. The standard InChI is InChI=1S/C7H5N2/c1-2-8-4-7-5-9-3-6(1)7/h1-2,4H,3H2. The molecule has 0 unspecified atom stereocenters. The summed E-state index contributed by atoms with van der Waals surface area (Å²) in [4.78, 5) is 7.90. The number of nitrogens with zero attached hydrogens (tertiary/aromatic N) is 2. The maximum atomic E-state index is 3.96. The molecule has 2 heterocycles. The smallest absolute Gasteiger partial charge is 0.0928 e. The Morgan fingerprint density at radius 1 is 1.56 bits per heavy atom. The second-order valence-corrected chi connectivity index (χ2v) is 1.96. The lowest BCUT2D eigenvalue weighted by molar-refractivity contribution is 1.10. The molecule has 0 saturated carbocycles. The number of hydrogen-bond acceptors (Lipinski definition) is 2. The van der Waals surface area contributed by atoms with Gasteiger partial charge >= 0.3 is 0 Å². The first-order valence-electron chi connectivity index (χ1n) is 2.82. The monoisotopic (exact) mass is 117 g/mol. The van der Waals surface area contributed by atoms with E-state index in [1.165, 1.54) is 5.56 Å². The summed E-state index contributed by atoms with van der Waals surface area (Å²) in [6.07, 6.45) is 6.43. The van der Waals surface area contributed by atoms with E-state index in [0.717, 1.165) is 12.1 Å². The summed E-state index contributed by atoms with van der Waals surface area (Å²) >= 11 is 0. The molecule has 2 heteroatoms. The van der Waals surface area contributed by atoms with Crippen LogP contribution in [0.3, 0.4) is 0 Å². The van der Waals surface area contributed by atoms with Crippen molar-refractivity contribution in [2.24, 2.45) is 4.99 Å². The van der Waals surface area contributed by atoms with Crippen molar-refractivity contribution in [1.82, 2.24) is 4.98 Å². The number of fused-ring (bicyclic) bond motifs is 1. The first kappa shape index (κ1) is 4.68. The third-order valence-corrected chi connectivity index (χ3v) is 1.36. The zero-order valence-electron chi connectivity index (χ0n) is 4.83. The van der Waals surface area contributed by atoms with Crippen molar-refractivity contribution in [3.05, 3.63) is 29.6 Å². The van der Waals surface area contributed by atoms with Crippen LogP contribution in [-0.2, 0) is 6.54 Å². The molecule has 1 aromatic rings. The molecule has 0 aromatic carbocycles. The van der Waals surface area contributed by atoms with Crippen LogP contribution in [0.2, 0.25) is 0 Å². The van der Waals surface area contributed by atoms with Gasteiger partial charge in [0.05, 0.1) is 12.8 Å². The molecule has 0 amide bonds. The topological polar surface area (TPSA) is 25.2 Å². The second kappa shape index (κ2) is 1.65. The van der Waals surface area contributed by atoms with Gasteiger partial charge in [0.15, 0.2) is 0 Å². The summed E-state index contributed by atoms with van der Waals surface area (Å²) in [5.74, 6) is 0. The molecule has 2 nitrogen and oxygen atoms in total. The lowest BCUT2D eigenvalue weighted by Gasteiger charge is -1.89. The van der Waals surface area contributed by atoms with Gasteiger partial charge in [-0.3, -0.25) is 9.98 Å². The van der Waals surface area contributed by atoms with E-state index in [1.807, 2.05) is 6.07 Å². The molecule has 0 aliphatic carbocycles. The van der Waals surface area contributed by atoms with Gasteiger partial charge in [-0.15, -0.1) is 0 Å². The van der Waals surface area contributed by atoms with E-state index in [-0.39, 0.29) is 0 Å². The van der Waals surface area contributed by atoms with Crippen LogP contribution in [0.1, 0.15) is 11.1 Å². The third kappa shape index (κ3) is 0.633. The van der Waals surface area contributed by atoms with Gasteiger partial charge in [0.25, 0.3) is 0 Å². The Bertz CT molecular complexity index is 253. The fraction of sp³-hybridized carbons (Fsp3) is 0.143. The maximum absolute atomic E-state index is 3.96. The summed E-state index contributed by atoms with van der Waals surface area (Å²) in [6.45, 7) is 0.776. The summed E-state index contributed by atoms with van der Waals surface area (Å²) in [6, 6.07) is 1.97. The Hall–Kier alpha value is -1.18. The number of aromatic nitrogens is 1. The Labute approximate surface area is 53.3 Å². The number of pyridine rings is 1. The van der Waals surface area contributed by atoms with Gasteiger partial charge in [0.2, 0.25) is 0 Å². The third-order valence-electron chi connectivity index (χ3n) is 1.36. The van der Waals surface area contributed by atoms with Crippen molar-refractivity contribution in [2.75, 3.05) is 0 Å². The molecule has 1 aliphatic heterocycles. The summed E-state index contributed by atoms with van der Waals surface area (Å²) < 4.78 is 0. The zero-order chi connectivity index (χ0) is 6.10. The summed E-state index contributed by atoms with van der Waals surface area (Å²) in [5, 5.41) is 0. The van der Waals surface area contributed by atoms with Gasteiger partial charge in [0, 0.05) is 18.0 Å². The van der Waals surface area contributed by atoms with E-state index in [2.05, 4.69) is 16.2 Å². The van der Waals surface area contributed by atoms with Crippen LogP contribution in [-0.4, -0.2) is 11.2 Å². The van der Waals surface area contributed by atoms with Crippen LogP contribution >= 0.6 is 0 Å². The van der Waals surface area contributed by atoms with E-state index >= 15 is 0 Å². The molecule has 1 aromatic heterocycles. The first-order valence-corrected chi connectivity index (χ1v) is 2.82. The normalized spacial score (nSPS) is 13.8. The highest BCUT2D eigenvalue weighted by Gasteiger charge is 2.03. The van der Waals surface area contributed by atoms with Gasteiger partial charge in [-0.2, -0.15) is 0 Å². The molecule has 0 spiro atoms. The minimum Gasteiger partial charge on any atom is -0.278 e. The average molecular weight is 117 g/mol. The number of rotatable bonds is 0. The maximum Gasteiger partial charge on any atom is 0.0928 e. The van der Waals surface area contributed by atoms with E-state index < -0.39 is 0 Å². The molecule has 1 aliphatic rings. The molecule has 0 fully saturated rings. The highest BCUT2D eigenvalue weighted by atomic mass is 14.7. The zero-order valence-corrected chi connectivity index (χ0v) is 4.83. The molecule has 9 heavy (non-hydrogen) atoms. The quantitative estimate of drug-likeness (QED) is 0.495. The van der Waals surface area contributed by atoms with Gasteiger partial charge in [-0.25, -0.2) is 0 Å². The molecule has 1 radical (unpaired) electrons. The lowest BCUT2D eigenvalue weighted by Crippen LogP contribution is -1.83. The molecular weight excluding hydrogens is 112 g/mol. The van der Waals surface area contributed by atoms with Crippen LogP contribution in [0.15, 0.2) is 23.5 Å². The fourth-order valence-electron chi connectivity index (χ4n) is 0.872. The highest BCUT2D eigenvalue weighted by Crippen LogP contribution is 2.10. The van der Waals surface area contributed by atoms with Crippen molar-refractivity contribution < 1.29 is 0 Å². The highest BCUT2D eigenvalue weighted by molar-refractivity contribution is 5.83. The number of aliphatic imine (C=N–C) groups is 1. The average Bonchev–Trinajstić information content (AvgIpc) is 2.33. The minimum absolute atomic E-state index is 0.776. The second-order valence-electron chi connectivity index (χ2n) is 1.96. The summed E-state index contributed by atoms with van der Waals surface area (Å²) in [7, 11) is 0. The molecule has 0 bridgehead atoms. The minimum atomic E-state index is 0.776. The van der Waals surface area contributed by atoms with Crippen molar-refractivity contribution in [3.63, 3.8) is 0 Å². The van der Waals surface area contributed by atoms with E-state index in [9.17, 15) is 0 Å². The van der Waals surface area contributed by atoms with E-state index in [4.69, 9.17) is 0 Å². The lowest BCUT2D eigenvalue weighted by atomic mass is 10.2. The Morgan fingerprint density at radius 2 is 2.56 bits per heavy atom. The molecular formula is C7H5N2. The molecule has 0 N–H and O–H groups in total. The number of hydrogen-bond donors (Lipinski definition) is 0. The fourth-order valence-corrected chi connectivity index (χ4v) is 0.872. The van der Waals surface area contributed by atoms with Crippen molar-refractivity contribution in [1.29, 1.82) is 0 Å². The first-order chi connectivity index (χ1) is 4.47. The predicted molar refractivity (Wildman–Crippen MR) is 34.5 cm³/mol. The molecule has 0 saturated heterocycles. The Kier molecular flexibility index (Phi) is 0.859. The van der Waals surface area contributed by atoms with E-state index in [0.29, 0.717) is 0 Å². The van der Waals surface area contributed by atoms with Gasteiger partial charge in [0.1, 0.15) is 0 Å². The Balaban J connectivity index is 2.63. The van der Waals surface area contributed by atoms with Gasteiger partial charge < -0.3 is 0 Å². The van der Waals surface area contributed by atoms with Crippen LogP contribution in [0, 0.1) is 0 Å². The Morgan fingerprint density at radius 3 is 3.44 bits per heavy atom. The van der Waals surface area contributed by atoms with Crippen molar-refractivity contribution in [3.8, 4) is 0 Å². The van der Waals surface area contributed by atoms with Crippen molar-refractivity contribution in [2.45, 2.75) is 6.54 Å².